The zero-order valence-corrected chi connectivity index (χ0v) is 26.7. The van der Waals surface area contributed by atoms with Crippen molar-refractivity contribution in [2.75, 3.05) is 56.6 Å². The minimum Gasteiger partial charge on any atom is -0.494 e. The molecule has 0 atom stereocenters. The van der Waals surface area contributed by atoms with Gasteiger partial charge in [0.15, 0.2) is 6.61 Å². The molecular weight excluding hydrogens is 627 g/mol. The van der Waals surface area contributed by atoms with Crippen LogP contribution in [0.15, 0.2) is 54.6 Å². The standard InChI is InChI=1S/C34H40F3N7O4/c35-34(36,37)23-48-32-42-30-38-20-24-7-10-26(11-8-24)46-17-5-1-2-6-18-47-28-19-25(40-31(41-30)43-32)9-12-27(28)29(45)39-21-33(13-14-33)22-44-15-3-4-16-44/h2,6-12,19H,1,3-5,13-18,20-23H2,(H,39,45)(H2,38,40,41,42,43)/b6-2+. The molecule has 2 fully saturated rings. The average Bonchev–Trinajstić information content (AvgIpc) is 3.64. The minimum absolute atomic E-state index is 0.0106. The number of amides is 1. The molecule has 4 heterocycles. The second-order valence-corrected chi connectivity index (χ2v) is 12.4. The number of nitrogens with one attached hydrogen (secondary N) is 3. The number of aromatic nitrogens is 3. The number of hydrogen-bond acceptors (Lipinski definition) is 10. The van der Waals surface area contributed by atoms with Gasteiger partial charge in [0.2, 0.25) is 11.9 Å². The fourth-order valence-corrected chi connectivity index (χ4v) is 5.68. The quantitative estimate of drug-likeness (QED) is 0.263. The number of benzene rings is 2. The maximum atomic E-state index is 13.5. The van der Waals surface area contributed by atoms with E-state index in [0.717, 1.165) is 56.6 Å². The summed E-state index contributed by atoms with van der Waals surface area (Å²) in [4.78, 5) is 28.4. The molecule has 0 unspecified atom stereocenters. The van der Waals surface area contributed by atoms with Crippen LogP contribution in [0.3, 0.4) is 0 Å². The molecule has 48 heavy (non-hydrogen) atoms. The van der Waals surface area contributed by atoms with E-state index in [-0.39, 0.29) is 36.4 Å². The lowest BCUT2D eigenvalue weighted by Crippen LogP contribution is -2.37. The Morgan fingerprint density at radius 3 is 2.54 bits per heavy atom. The van der Waals surface area contributed by atoms with Crippen LogP contribution in [0.25, 0.3) is 0 Å². The Morgan fingerprint density at radius 2 is 1.77 bits per heavy atom. The largest absolute Gasteiger partial charge is 0.494 e. The van der Waals surface area contributed by atoms with Gasteiger partial charge in [-0.15, -0.1) is 0 Å². The molecule has 1 aromatic heterocycles. The predicted octanol–water partition coefficient (Wildman–Crippen LogP) is 5.88. The monoisotopic (exact) mass is 667 g/mol. The molecule has 1 amide bonds. The summed E-state index contributed by atoms with van der Waals surface area (Å²) in [7, 11) is 0. The molecule has 3 aromatic rings. The Hall–Kier alpha value is -4.59. The predicted molar refractivity (Wildman–Crippen MR) is 174 cm³/mol. The van der Waals surface area contributed by atoms with E-state index < -0.39 is 18.8 Å². The Kier molecular flexibility index (Phi) is 10.5. The van der Waals surface area contributed by atoms with Gasteiger partial charge >= 0.3 is 12.2 Å². The molecule has 1 saturated carbocycles. The number of ether oxygens (including phenoxy) is 3. The SMILES string of the molecule is O=C(NCC1(CN2CCCC2)CC1)c1ccc2cc1OC/C=C/CCCOc1ccc(cc1)CNc1nc(nc(OCC(F)(F)F)n1)N2. The van der Waals surface area contributed by atoms with Gasteiger partial charge in [-0.2, -0.15) is 28.1 Å². The van der Waals surface area contributed by atoms with E-state index in [1.165, 1.54) is 12.8 Å². The molecule has 3 aliphatic heterocycles. The fraction of sp³-hybridized carbons (Fsp3) is 0.471. The zero-order chi connectivity index (χ0) is 33.4. The lowest BCUT2D eigenvalue weighted by Gasteiger charge is -2.23. The second-order valence-electron chi connectivity index (χ2n) is 12.4. The number of nitrogens with zero attached hydrogens (tertiary/aromatic N) is 4. The molecule has 0 spiro atoms. The van der Waals surface area contributed by atoms with E-state index >= 15 is 0 Å². The molecule has 2 aromatic carbocycles. The fourth-order valence-electron chi connectivity index (χ4n) is 5.68. The van der Waals surface area contributed by atoms with E-state index in [0.29, 0.717) is 30.2 Å². The molecular formula is C34H40F3N7O4. The lowest BCUT2D eigenvalue weighted by molar-refractivity contribution is -0.154. The number of halogens is 3. The first-order chi connectivity index (χ1) is 23.2. The van der Waals surface area contributed by atoms with Crippen LogP contribution in [0, 0.1) is 5.41 Å². The first-order valence-electron chi connectivity index (χ1n) is 16.3. The average molecular weight is 668 g/mol. The van der Waals surface area contributed by atoms with Gasteiger partial charge in [-0.1, -0.05) is 24.3 Å². The molecule has 1 aliphatic carbocycles. The number of rotatable bonds is 7. The van der Waals surface area contributed by atoms with Crippen molar-refractivity contribution in [1.82, 2.24) is 25.2 Å². The summed E-state index contributed by atoms with van der Waals surface area (Å²) in [6.07, 6.45) is 5.55. The van der Waals surface area contributed by atoms with Crippen molar-refractivity contribution in [2.24, 2.45) is 5.41 Å². The van der Waals surface area contributed by atoms with E-state index in [1.807, 2.05) is 36.4 Å². The third-order valence-corrected chi connectivity index (χ3v) is 8.46. The van der Waals surface area contributed by atoms with Crippen molar-refractivity contribution in [3.63, 3.8) is 0 Å². The molecule has 4 aliphatic rings. The number of fused-ring (bicyclic) bond motifs is 9. The third kappa shape index (κ3) is 9.72. The highest BCUT2D eigenvalue weighted by Gasteiger charge is 2.44. The smallest absolute Gasteiger partial charge is 0.422 e. The van der Waals surface area contributed by atoms with E-state index in [2.05, 4.69) is 35.8 Å². The first-order valence-corrected chi connectivity index (χ1v) is 16.3. The van der Waals surface area contributed by atoms with Crippen molar-refractivity contribution in [3.8, 4) is 17.5 Å². The van der Waals surface area contributed by atoms with Crippen LogP contribution in [-0.4, -0.2) is 77.9 Å². The molecule has 3 N–H and O–H groups in total. The van der Waals surface area contributed by atoms with E-state index in [1.54, 1.807) is 18.2 Å². The second kappa shape index (κ2) is 15.1. The summed E-state index contributed by atoms with van der Waals surface area (Å²) in [5.74, 6) is 0.775. The maximum Gasteiger partial charge on any atom is 0.422 e. The van der Waals surface area contributed by atoms with Crippen LogP contribution in [0.5, 0.6) is 17.5 Å². The summed E-state index contributed by atoms with van der Waals surface area (Å²) in [6, 6.07) is 11.9. The third-order valence-electron chi connectivity index (χ3n) is 8.46. The Bertz CT molecular complexity index is 1580. The number of carbonyl (C=O) groups excluding carboxylic acids is 1. The van der Waals surface area contributed by atoms with Gasteiger partial charge in [-0.3, -0.25) is 4.79 Å². The molecule has 6 bridgehead atoms. The summed E-state index contributed by atoms with van der Waals surface area (Å²) < 4.78 is 55.6. The van der Waals surface area contributed by atoms with Crippen LogP contribution in [0.1, 0.15) is 54.4 Å². The highest BCUT2D eigenvalue weighted by Crippen LogP contribution is 2.46. The van der Waals surface area contributed by atoms with Gasteiger partial charge in [0.1, 0.15) is 18.1 Å². The summed E-state index contributed by atoms with van der Waals surface area (Å²) in [5.41, 5.74) is 1.82. The van der Waals surface area contributed by atoms with Crippen molar-refractivity contribution in [3.05, 3.63) is 65.7 Å². The van der Waals surface area contributed by atoms with Gasteiger partial charge in [-0.25, -0.2) is 0 Å². The molecule has 0 radical (unpaired) electrons. The maximum absolute atomic E-state index is 13.5. The molecule has 14 heteroatoms. The number of carbonyl (C=O) groups is 1. The van der Waals surface area contributed by atoms with Crippen LogP contribution >= 0.6 is 0 Å². The Labute approximate surface area is 277 Å². The minimum atomic E-state index is -4.58. The lowest BCUT2D eigenvalue weighted by atomic mass is 10.1. The molecule has 256 valence electrons. The number of allylic oxidation sites excluding steroid dienone is 1. The topological polar surface area (TPSA) is 123 Å². The van der Waals surface area contributed by atoms with Gasteiger partial charge < -0.3 is 35.1 Å². The first kappa shape index (κ1) is 33.3. The number of anilines is 3. The highest BCUT2D eigenvalue weighted by molar-refractivity contribution is 5.97. The van der Waals surface area contributed by atoms with E-state index in [9.17, 15) is 18.0 Å². The molecule has 1 saturated heterocycles. The molecule has 11 nitrogen and oxygen atoms in total. The zero-order valence-electron chi connectivity index (χ0n) is 26.7. The van der Waals surface area contributed by atoms with Crippen molar-refractivity contribution < 1.29 is 32.2 Å². The van der Waals surface area contributed by atoms with Gasteiger partial charge in [0.25, 0.3) is 5.91 Å². The van der Waals surface area contributed by atoms with Crippen LogP contribution in [-0.2, 0) is 6.54 Å². The highest BCUT2D eigenvalue weighted by atomic mass is 19.4. The van der Waals surface area contributed by atoms with Crippen LogP contribution < -0.4 is 30.2 Å². The van der Waals surface area contributed by atoms with E-state index in [4.69, 9.17) is 14.2 Å². The summed E-state index contributed by atoms with van der Waals surface area (Å²) >= 11 is 0. The van der Waals surface area contributed by atoms with Gasteiger partial charge in [0.05, 0.1) is 12.2 Å². The normalized spacial score (nSPS) is 18.6. The Morgan fingerprint density at radius 1 is 0.979 bits per heavy atom. The Balaban J connectivity index is 1.22. The van der Waals surface area contributed by atoms with Crippen molar-refractivity contribution >= 4 is 23.5 Å². The van der Waals surface area contributed by atoms with Gasteiger partial charge in [0, 0.05) is 36.8 Å². The summed E-state index contributed by atoms with van der Waals surface area (Å²) in [5, 5.41) is 9.16. The number of hydrogen-bond donors (Lipinski definition) is 3. The number of alkyl halides is 3. The van der Waals surface area contributed by atoms with Gasteiger partial charge in [-0.05, 0) is 81.4 Å². The van der Waals surface area contributed by atoms with Crippen LogP contribution in [0.2, 0.25) is 0 Å². The number of likely N-dealkylation sites (tertiary alicyclic amines) is 1. The summed E-state index contributed by atoms with van der Waals surface area (Å²) in [6.45, 7) is 3.30. The van der Waals surface area contributed by atoms with Crippen molar-refractivity contribution in [1.29, 1.82) is 0 Å². The molecule has 7 rings (SSSR count). The van der Waals surface area contributed by atoms with Crippen LogP contribution in [0.4, 0.5) is 30.8 Å². The van der Waals surface area contributed by atoms with Crippen molar-refractivity contribution in [2.45, 2.75) is 51.2 Å².